The quantitative estimate of drug-likeness (QED) is 0.364. The Hall–Kier alpha value is -3.22. The Morgan fingerprint density at radius 3 is 2.38 bits per heavy atom. The zero-order valence-electron chi connectivity index (χ0n) is 17.1. The third-order valence-electron chi connectivity index (χ3n) is 5.28. The molecule has 0 atom stereocenters. The number of halogens is 2. The van der Waals surface area contributed by atoms with Crippen LogP contribution in [-0.2, 0) is 16.0 Å². The normalized spacial score (nSPS) is 15.3. The van der Waals surface area contributed by atoms with Gasteiger partial charge in [0.05, 0.1) is 5.69 Å². The van der Waals surface area contributed by atoms with Gasteiger partial charge in [-0.3, -0.25) is 14.9 Å². The number of amides is 4. The summed E-state index contributed by atoms with van der Waals surface area (Å²) in [5.74, 6) is -1.42. The highest BCUT2D eigenvalue weighted by Gasteiger charge is 2.37. The molecule has 0 aromatic heterocycles. The fourth-order valence-electron chi connectivity index (χ4n) is 3.55. The first kappa shape index (κ1) is 22.0. The van der Waals surface area contributed by atoms with Crippen molar-refractivity contribution < 1.29 is 14.4 Å². The molecule has 1 fully saturated rings. The molecule has 0 unspecified atom stereocenters. The van der Waals surface area contributed by atoms with Crippen molar-refractivity contribution in [3.8, 4) is 0 Å². The fraction of sp³-hybridized carbons (Fsp3) is 0.0800. The van der Waals surface area contributed by atoms with E-state index < -0.39 is 17.8 Å². The van der Waals surface area contributed by atoms with Crippen LogP contribution in [0.4, 0.5) is 10.5 Å². The minimum atomic E-state index is -0.802. The summed E-state index contributed by atoms with van der Waals surface area (Å²) in [5, 5.41) is 2.68. The topological polar surface area (TPSA) is 66.5 Å². The lowest BCUT2D eigenvalue weighted by Gasteiger charge is -2.28. The van der Waals surface area contributed by atoms with Crippen molar-refractivity contribution in [1.29, 1.82) is 0 Å². The van der Waals surface area contributed by atoms with E-state index in [-0.39, 0.29) is 5.57 Å². The highest BCUT2D eigenvalue weighted by Crippen LogP contribution is 2.30. The summed E-state index contributed by atoms with van der Waals surface area (Å²) >= 11 is 9.74. The standard InChI is InChI=1S/C25H18BrClN2O3/c1-15-21(27)11-6-12-22(15)29-24(31)19(23(30)28-25(29)32)14-17-8-3-2-7-16(17)13-18-9-4-5-10-20(18)26/h2-12,14H,13H2,1H3,(H,28,30,32)/b19-14+. The van der Waals surface area contributed by atoms with Gasteiger partial charge in [-0.25, -0.2) is 9.69 Å². The van der Waals surface area contributed by atoms with Crippen LogP contribution in [0, 0.1) is 6.92 Å². The van der Waals surface area contributed by atoms with E-state index in [9.17, 15) is 14.4 Å². The van der Waals surface area contributed by atoms with Crippen LogP contribution in [0.25, 0.3) is 6.08 Å². The maximum atomic E-state index is 13.3. The van der Waals surface area contributed by atoms with E-state index in [2.05, 4.69) is 21.2 Å². The Morgan fingerprint density at radius 1 is 0.938 bits per heavy atom. The number of nitrogens with one attached hydrogen (secondary N) is 1. The van der Waals surface area contributed by atoms with E-state index in [1.54, 1.807) is 25.1 Å². The number of anilines is 1. The van der Waals surface area contributed by atoms with Crippen LogP contribution in [0.2, 0.25) is 5.02 Å². The number of rotatable bonds is 4. The number of barbiturate groups is 1. The molecule has 5 nitrogen and oxygen atoms in total. The van der Waals surface area contributed by atoms with E-state index in [4.69, 9.17) is 11.6 Å². The number of imide groups is 2. The van der Waals surface area contributed by atoms with Crippen LogP contribution in [0.1, 0.15) is 22.3 Å². The molecule has 0 radical (unpaired) electrons. The third-order valence-corrected chi connectivity index (χ3v) is 6.46. The summed E-state index contributed by atoms with van der Waals surface area (Å²) in [5.41, 5.74) is 3.52. The maximum Gasteiger partial charge on any atom is 0.335 e. The van der Waals surface area contributed by atoms with Crippen molar-refractivity contribution in [1.82, 2.24) is 5.32 Å². The molecule has 160 valence electrons. The van der Waals surface area contributed by atoms with E-state index >= 15 is 0 Å². The van der Waals surface area contributed by atoms with Gasteiger partial charge in [0, 0.05) is 9.50 Å². The number of hydrogen-bond acceptors (Lipinski definition) is 3. The molecule has 1 saturated heterocycles. The number of carbonyl (C=O) groups is 3. The number of nitrogens with zero attached hydrogens (tertiary/aromatic N) is 1. The second-order valence-electron chi connectivity index (χ2n) is 7.31. The Bertz CT molecular complexity index is 1290. The number of hydrogen-bond donors (Lipinski definition) is 1. The van der Waals surface area contributed by atoms with Crippen molar-refractivity contribution in [2.45, 2.75) is 13.3 Å². The molecule has 4 amide bonds. The minimum absolute atomic E-state index is 0.122. The predicted octanol–water partition coefficient (Wildman–Crippen LogP) is 5.67. The Kier molecular flexibility index (Phi) is 6.26. The molecule has 7 heteroatoms. The van der Waals surface area contributed by atoms with Crippen LogP contribution in [-0.4, -0.2) is 17.8 Å². The molecule has 0 spiro atoms. The highest BCUT2D eigenvalue weighted by atomic mass is 79.9. The van der Waals surface area contributed by atoms with E-state index in [0.29, 0.717) is 22.7 Å². The zero-order chi connectivity index (χ0) is 22.8. The molecule has 3 aromatic carbocycles. The van der Waals surface area contributed by atoms with Crippen LogP contribution in [0.5, 0.6) is 0 Å². The van der Waals surface area contributed by atoms with Crippen molar-refractivity contribution in [2.24, 2.45) is 0 Å². The fourth-order valence-corrected chi connectivity index (χ4v) is 4.15. The van der Waals surface area contributed by atoms with Gasteiger partial charge in [-0.05, 0) is 59.9 Å². The smallest absolute Gasteiger partial charge is 0.273 e. The van der Waals surface area contributed by atoms with Gasteiger partial charge >= 0.3 is 6.03 Å². The molecule has 0 bridgehead atoms. The molecule has 0 aliphatic carbocycles. The Balaban J connectivity index is 1.75. The molecule has 0 saturated carbocycles. The van der Waals surface area contributed by atoms with Gasteiger partial charge in [0.15, 0.2) is 0 Å². The zero-order valence-corrected chi connectivity index (χ0v) is 19.4. The summed E-state index contributed by atoms with van der Waals surface area (Å²) in [7, 11) is 0. The van der Waals surface area contributed by atoms with Gasteiger partial charge in [-0.1, -0.05) is 76.1 Å². The summed E-state index contributed by atoms with van der Waals surface area (Å²) in [6, 6.07) is 19.5. The third kappa shape index (κ3) is 4.24. The molecule has 3 aromatic rings. The van der Waals surface area contributed by atoms with Gasteiger partial charge in [0.1, 0.15) is 5.57 Å². The second-order valence-corrected chi connectivity index (χ2v) is 8.57. The average Bonchev–Trinajstić information content (AvgIpc) is 2.76. The number of benzene rings is 3. The first-order valence-electron chi connectivity index (χ1n) is 9.84. The van der Waals surface area contributed by atoms with Gasteiger partial charge in [-0.2, -0.15) is 0 Å². The monoisotopic (exact) mass is 508 g/mol. The molecular formula is C25H18BrClN2O3. The lowest BCUT2D eigenvalue weighted by atomic mass is 9.97. The maximum absolute atomic E-state index is 13.3. The van der Waals surface area contributed by atoms with Gasteiger partial charge < -0.3 is 0 Å². The first-order valence-corrected chi connectivity index (χ1v) is 11.0. The summed E-state index contributed by atoms with van der Waals surface area (Å²) in [6.45, 7) is 1.71. The van der Waals surface area contributed by atoms with Gasteiger partial charge in [-0.15, -0.1) is 0 Å². The molecule has 1 aliphatic heterocycles. The largest absolute Gasteiger partial charge is 0.335 e. The lowest BCUT2D eigenvalue weighted by molar-refractivity contribution is -0.122. The van der Waals surface area contributed by atoms with Crippen LogP contribution >= 0.6 is 27.5 Å². The van der Waals surface area contributed by atoms with Gasteiger partial charge in [0.2, 0.25) is 0 Å². The van der Waals surface area contributed by atoms with Crippen molar-refractivity contribution in [3.05, 3.63) is 104 Å². The summed E-state index contributed by atoms with van der Waals surface area (Å²) in [6.07, 6.45) is 2.14. The summed E-state index contributed by atoms with van der Waals surface area (Å²) in [4.78, 5) is 39.3. The van der Waals surface area contributed by atoms with Gasteiger partial charge in [0.25, 0.3) is 11.8 Å². The molecular weight excluding hydrogens is 492 g/mol. The SMILES string of the molecule is Cc1c(Cl)cccc1N1C(=O)NC(=O)/C(=C\c2ccccc2Cc2ccccc2Br)C1=O. The van der Waals surface area contributed by atoms with Crippen molar-refractivity contribution in [2.75, 3.05) is 4.90 Å². The molecule has 1 N–H and O–H groups in total. The Morgan fingerprint density at radius 2 is 1.62 bits per heavy atom. The first-order chi connectivity index (χ1) is 15.4. The lowest BCUT2D eigenvalue weighted by Crippen LogP contribution is -2.54. The second kappa shape index (κ2) is 9.10. The van der Waals surface area contributed by atoms with Crippen molar-refractivity contribution in [3.63, 3.8) is 0 Å². The number of carbonyl (C=O) groups excluding carboxylic acids is 3. The predicted molar refractivity (Wildman–Crippen MR) is 129 cm³/mol. The van der Waals surface area contributed by atoms with Crippen molar-refractivity contribution >= 4 is 57.1 Å². The van der Waals surface area contributed by atoms with Crippen LogP contribution < -0.4 is 10.2 Å². The highest BCUT2D eigenvalue weighted by molar-refractivity contribution is 9.10. The summed E-state index contributed by atoms with van der Waals surface area (Å²) < 4.78 is 0.974. The molecule has 1 aliphatic rings. The Labute approximate surface area is 198 Å². The van der Waals surface area contributed by atoms with Crippen LogP contribution in [0.3, 0.4) is 0 Å². The van der Waals surface area contributed by atoms with E-state index in [1.165, 1.54) is 6.08 Å². The minimum Gasteiger partial charge on any atom is -0.273 e. The molecule has 4 rings (SSSR count). The molecule has 32 heavy (non-hydrogen) atoms. The average molecular weight is 510 g/mol. The van der Waals surface area contributed by atoms with E-state index in [1.807, 2.05) is 48.5 Å². The number of urea groups is 1. The molecule has 1 heterocycles. The van der Waals surface area contributed by atoms with E-state index in [0.717, 1.165) is 26.1 Å². The van der Waals surface area contributed by atoms with Crippen LogP contribution in [0.15, 0.2) is 76.8 Å².